The van der Waals surface area contributed by atoms with Crippen LogP contribution in [0.25, 0.3) is 0 Å². The van der Waals surface area contributed by atoms with Gasteiger partial charge in [-0.05, 0) is 77.8 Å². The number of hydrogen-bond donors (Lipinski definition) is 3. The lowest BCUT2D eigenvalue weighted by Gasteiger charge is -2.29. The number of para-hydroxylation sites is 1. The molecule has 2 aromatic carbocycles. The number of hydrogen-bond acceptors (Lipinski definition) is 6. The van der Waals surface area contributed by atoms with Gasteiger partial charge < -0.3 is 29.9 Å². The second-order valence-electron chi connectivity index (χ2n) is 10.7. The Morgan fingerprint density at radius 2 is 1.69 bits per heavy atom. The third-order valence-electron chi connectivity index (χ3n) is 7.21. The molecule has 7 nitrogen and oxygen atoms in total. The lowest BCUT2D eigenvalue weighted by molar-refractivity contribution is -0.107. The van der Waals surface area contributed by atoms with Crippen molar-refractivity contribution >= 4 is 23.5 Å². The van der Waals surface area contributed by atoms with E-state index in [1.165, 1.54) is 22.6 Å². The van der Waals surface area contributed by atoms with Gasteiger partial charge in [-0.1, -0.05) is 42.4 Å². The van der Waals surface area contributed by atoms with Gasteiger partial charge in [-0.2, -0.15) is 0 Å². The second kappa shape index (κ2) is 14.6. The first-order valence-electron chi connectivity index (χ1n) is 13.6. The Balaban J connectivity index is 2.18. The third kappa shape index (κ3) is 9.06. The number of phenolic OH excluding ortho intramolecular Hbond substituents is 3. The number of ether oxygens (including phenoxy) is 1. The molecule has 0 atom stereocenters. The fraction of sp³-hybridized carbons (Fsp3) is 0.469. The van der Waals surface area contributed by atoms with Crippen LogP contribution in [0.1, 0.15) is 72.3 Å². The monoisotopic (exact) mass is 538 g/mol. The van der Waals surface area contributed by atoms with Crippen molar-refractivity contribution in [3.8, 4) is 17.2 Å². The molecule has 0 spiro atoms. The minimum atomic E-state index is -0.195. The van der Waals surface area contributed by atoms with Crippen molar-refractivity contribution in [1.29, 1.82) is 0 Å². The van der Waals surface area contributed by atoms with E-state index in [-0.39, 0.29) is 29.4 Å². The molecule has 7 heteroatoms. The van der Waals surface area contributed by atoms with Crippen molar-refractivity contribution in [3.63, 3.8) is 0 Å². The van der Waals surface area contributed by atoms with E-state index < -0.39 is 0 Å². The summed E-state index contributed by atoms with van der Waals surface area (Å²) in [7, 11) is 3.47. The number of anilines is 3. The minimum absolute atomic E-state index is 0.0643. The SMILES string of the molecule is CCc1cccc(O)c1N(C)c1c(O)cc(O)cc1N(C=O)C/C=C(\C)CC/C=C(\C)CCCC(C)(C)OC. The van der Waals surface area contributed by atoms with E-state index in [2.05, 4.69) is 26.8 Å². The highest BCUT2D eigenvalue weighted by Crippen LogP contribution is 2.46. The molecule has 2 aromatic rings. The molecule has 0 bridgehead atoms. The lowest BCUT2D eigenvalue weighted by Crippen LogP contribution is -2.24. The predicted octanol–water partition coefficient (Wildman–Crippen LogP) is 7.36. The molecule has 0 radical (unpaired) electrons. The van der Waals surface area contributed by atoms with Crippen molar-refractivity contribution in [1.82, 2.24) is 0 Å². The molecule has 0 aliphatic rings. The molecule has 0 saturated carbocycles. The molecule has 1 amide bonds. The lowest BCUT2D eigenvalue weighted by atomic mass is 9.98. The summed E-state index contributed by atoms with van der Waals surface area (Å²) in [5, 5.41) is 31.7. The maximum atomic E-state index is 12.2. The van der Waals surface area contributed by atoms with Crippen LogP contribution in [-0.2, 0) is 16.0 Å². The van der Waals surface area contributed by atoms with E-state index in [0.29, 0.717) is 29.9 Å². The normalized spacial score (nSPS) is 12.5. The van der Waals surface area contributed by atoms with Crippen LogP contribution < -0.4 is 9.80 Å². The van der Waals surface area contributed by atoms with Crippen molar-refractivity contribution < 1.29 is 24.9 Å². The summed E-state index contributed by atoms with van der Waals surface area (Å²) in [4.78, 5) is 15.3. The maximum Gasteiger partial charge on any atom is 0.214 e. The zero-order valence-electron chi connectivity index (χ0n) is 24.6. The van der Waals surface area contributed by atoms with Crippen LogP contribution in [0.3, 0.4) is 0 Å². The van der Waals surface area contributed by atoms with Gasteiger partial charge in [-0.15, -0.1) is 0 Å². The number of nitrogens with zero attached hydrogens (tertiary/aromatic N) is 2. The van der Waals surface area contributed by atoms with E-state index in [0.717, 1.165) is 43.2 Å². The van der Waals surface area contributed by atoms with Crippen LogP contribution in [0.2, 0.25) is 0 Å². The molecule has 0 fully saturated rings. The predicted molar refractivity (Wildman–Crippen MR) is 160 cm³/mol. The molecular weight excluding hydrogens is 492 g/mol. The van der Waals surface area contributed by atoms with E-state index >= 15 is 0 Å². The summed E-state index contributed by atoms with van der Waals surface area (Å²) in [5.41, 5.74) is 4.49. The van der Waals surface area contributed by atoms with Crippen LogP contribution in [0.15, 0.2) is 53.6 Å². The summed E-state index contributed by atoms with van der Waals surface area (Å²) in [6, 6.07) is 7.94. The van der Waals surface area contributed by atoms with Gasteiger partial charge >= 0.3 is 0 Å². The molecular formula is C32H46N2O5. The highest BCUT2D eigenvalue weighted by atomic mass is 16.5. The van der Waals surface area contributed by atoms with Crippen LogP contribution in [-0.4, -0.2) is 48.0 Å². The quantitative estimate of drug-likeness (QED) is 0.162. The van der Waals surface area contributed by atoms with Crippen molar-refractivity contribution in [2.45, 2.75) is 78.7 Å². The average Bonchev–Trinajstić information content (AvgIpc) is 2.88. The summed E-state index contributed by atoms with van der Waals surface area (Å²) in [6.07, 6.45) is 10.5. The molecule has 0 aliphatic heterocycles. The molecule has 39 heavy (non-hydrogen) atoms. The third-order valence-corrected chi connectivity index (χ3v) is 7.21. The standard InChI is InChI=1S/C32H46N2O5/c1-8-25-15-10-16-28(37)30(25)33(6)31-27(20-26(36)21-29(31)38)34(22-35)19-17-24(3)13-9-12-23(2)14-11-18-32(4,5)39-7/h10,12,15-17,20-22,36-38H,8-9,11,13-14,18-19H2,1-7H3/b23-12+,24-17+. The number of rotatable bonds is 15. The highest BCUT2D eigenvalue weighted by molar-refractivity contribution is 5.91. The van der Waals surface area contributed by atoms with Crippen molar-refractivity contribution in [2.75, 3.05) is 30.5 Å². The molecule has 0 aliphatic carbocycles. The van der Waals surface area contributed by atoms with Crippen LogP contribution in [0, 0.1) is 0 Å². The van der Waals surface area contributed by atoms with Crippen molar-refractivity contribution in [3.05, 3.63) is 59.2 Å². The van der Waals surface area contributed by atoms with Gasteiger partial charge in [-0.25, -0.2) is 0 Å². The molecule has 0 heterocycles. The minimum Gasteiger partial charge on any atom is -0.508 e. The first-order chi connectivity index (χ1) is 18.4. The Kier molecular flexibility index (Phi) is 11.9. The molecule has 2 rings (SSSR count). The van der Waals surface area contributed by atoms with Gasteiger partial charge in [0.05, 0.1) is 17.0 Å². The Bertz CT molecular complexity index is 1170. The topological polar surface area (TPSA) is 93.5 Å². The number of amides is 1. The van der Waals surface area contributed by atoms with E-state index in [9.17, 15) is 20.1 Å². The Morgan fingerprint density at radius 1 is 1.00 bits per heavy atom. The first-order valence-corrected chi connectivity index (χ1v) is 13.6. The maximum absolute atomic E-state index is 12.2. The summed E-state index contributed by atoms with van der Waals surface area (Å²) in [5.74, 6) is -0.288. The van der Waals surface area contributed by atoms with Gasteiger partial charge in [0.2, 0.25) is 6.41 Å². The molecule has 0 aromatic heterocycles. The van der Waals surface area contributed by atoms with Crippen molar-refractivity contribution in [2.24, 2.45) is 0 Å². The summed E-state index contributed by atoms with van der Waals surface area (Å²) in [6.45, 7) is 10.7. The number of methoxy groups -OCH3 is 1. The smallest absolute Gasteiger partial charge is 0.214 e. The van der Waals surface area contributed by atoms with Gasteiger partial charge in [0, 0.05) is 32.8 Å². The Hall–Kier alpha value is -3.45. The second-order valence-corrected chi connectivity index (χ2v) is 10.7. The molecule has 0 saturated heterocycles. The van der Waals surface area contributed by atoms with E-state index in [1.54, 1.807) is 31.2 Å². The highest BCUT2D eigenvalue weighted by Gasteiger charge is 2.23. The van der Waals surface area contributed by atoms with Crippen LogP contribution >= 0.6 is 0 Å². The fourth-order valence-electron chi connectivity index (χ4n) is 4.61. The number of aryl methyl sites for hydroxylation is 1. The first kappa shape index (κ1) is 31.8. The van der Waals surface area contributed by atoms with E-state index in [4.69, 9.17) is 4.74 Å². The summed E-state index contributed by atoms with van der Waals surface area (Å²) >= 11 is 0. The number of benzene rings is 2. The fourth-order valence-corrected chi connectivity index (χ4v) is 4.61. The zero-order chi connectivity index (χ0) is 29.2. The van der Waals surface area contributed by atoms with Crippen LogP contribution in [0.4, 0.5) is 17.1 Å². The number of phenols is 3. The largest absolute Gasteiger partial charge is 0.508 e. The molecule has 0 unspecified atom stereocenters. The number of allylic oxidation sites excluding steroid dienone is 3. The average molecular weight is 539 g/mol. The van der Waals surface area contributed by atoms with E-state index in [1.807, 2.05) is 26.0 Å². The number of aromatic hydroxyl groups is 3. The Labute approximate surface area is 234 Å². The summed E-state index contributed by atoms with van der Waals surface area (Å²) < 4.78 is 5.49. The van der Waals surface area contributed by atoms with Gasteiger partial charge in [0.25, 0.3) is 0 Å². The molecule has 3 N–H and O–H groups in total. The zero-order valence-corrected chi connectivity index (χ0v) is 24.6. The number of carbonyl (C=O) groups is 1. The molecule has 214 valence electrons. The number of carbonyl (C=O) groups excluding carboxylic acids is 1. The van der Waals surface area contributed by atoms with Crippen LogP contribution in [0.5, 0.6) is 17.2 Å². The van der Waals surface area contributed by atoms with Gasteiger partial charge in [-0.3, -0.25) is 4.79 Å². The van der Waals surface area contributed by atoms with Gasteiger partial charge in [0.15, 0.2) is 0 Å². The Morgan fingerprint density at radius 3 is 2.33 bits per heavy atom. The van der Waals surface area contributed by atoms with Gasteiger partial charge in [0.1, 0.15) is 22.9 Å².